The minimum absolute atomic E-state index is 0.149. The molecule has 3 heterocycles. The molecule has 0 aliphatic carbocycles. The van der Waals surface area contributed by atoms with Gasteiger partial charge in [-0.15, -0.1) is 0 Å². The molecule has 3 aromatic rings. The molecule has 0 bridgehead atoms. The van der Waals surface area contributed by atoms with Crippen LogP contribution < -0.4 is 15.6 Å². The lowest BCUT2D eigenvalue weighted by Gasteiger charge is -2.23. The van der Waals surface area contributed by atoms with E-state index in [9.17, 15) is 14.7 Å². The highest BCUT2D eigenvalue weighted by Gasteiger charge is 2.28. The highest BCUT2D eigenvalue weighted by atomic mass is 32.2. The van der Waals surface area contributed by atoms with Crippen molar-refractivity contribution in [2.75, 3.05) is 19.6 Å². The first-order valence-electron chi connectivity index (χ1n) is 12.2. The number of aromatic nitrogens is 3. The second-order valence-electron chi connectivity index (χ2n) is 9.25. The average molecular weight is 512 g/mol. The van der Waals surface area contributed by atoms with Gasteiger partial charge in [0.2, 0.25) is 5.91 Å². The van der Waals surface area contributed by atoms with E-state index < -0.39 is 12.0 Å². The summed E-state index contributed by atoms with van der Waals surface area (Å²) in [5.74, 6) is 0.00940. The van der Waals surface area contributed by atoms with Crippen molar-refractivity contribution in [2.45, 2.75) is 50.8 Å². The van der Waals surface area contributed by atoms with E-state index in [1.807, 2.05) is 42.6 Å². The molecule has 2 atom stereocenters. The van der Waals surface area contributed by atoms with Crippen molar-refractivity contribution < 1.29 is 19.7 Å². The van der Waals surface area contributed by atoms with Gasteiger partial charge in [0.15, 0.2) is 6.20 Å². The van der Waals surface area contributed by atoms with Crippen LogP contribution in [0.3, 0.4) is 0 Å². The standard InChI is InChI=1S/C22H24N6O3S.C4H10/c29-19-14-28(32-21-9-3-4-10-23-21)11-5-8-17(19)27-20(30)13-25-22(31)18-12-24-15-6-1-2-7-16(15)26-18;1-4(2)3/h1-4,6-7,9-10,12,17,19,29H,5,8,11,13-14H2,(H,25,31)(H,27,30);4H,1-3H3/p+1. The van der Waals surface area contributed by atoms with E-state index in [0.717, 1.165) is 23.9 Å². The third-order valence-electron chi connectivity index (χ3n) is 5.12. The molecule has 2 aromatic heterocycles. The maximum absolute atomic E-state index is 12.4. The van der Waals surface area contributed by atoms with Gasteiger partial charge >= 0.3 is 0 Å². The average Bonchev–Trinajstić information content (AvgIpc) is 3.03. The first-order valence-corrected chi connectivity index (χ1v) is 13.0. The molecule has 1 fully saturated rings. The number of benzene rings is 1. The molecule has 1 aliphatic heterocycles. The number of fused-ring (bicyclic) bond motifs is 1. The number of hydrogen-bond acceptors (Lipinski definition) is 7. The second-order valence-corrected chi connectivity index (χ2v) is 10.4. The fourth-order valence-electron chi connectivity index (χ4n) is 3.51. The lowest BCUT2D eigenvalue weighted by Crippen LogP contribution is -2.48. The van der Waals surface area contributed by atoms with Gasteiger partial charge in [0.25, 0.3) is 10.9 Å². The smallest absolute Gasteiger partial charge is 0.271 e. The minimum atomic E-state index is -0.709. The van der Waals surface area contributed by atoms with Gasteiger partial charge in [0.05, 0.1) is 35.9 Å². The molecule has 0 saturated carbocycles. The van der Waals surface area contributed by atoms with Crippen molar-refractivity contribution in [3.63, 3.8) is 0 Å². The van der Waals surface area contributed by atoms with Gasteiger partial charge in [-0.25, -0.2) is 14.3 Å². The van der Waals surface area contributed by atoms with Crippen molar-refractivity contribution in [3.8, 4) is 0 Å². The third kappa shape index (κ3) is 8.85. The first-order chi connectivity index (χ1) is 17.3. The number of carbonyl (C=O) groups excluding carboxylic acids is 2. The van der Waals surface area contributed by atoms with Crippen LogP contribution in [-0.4, -0.2) is 63.0 Å². The zero-order valence-electron chi connectivity index (χ0n) is 21.0. The molecular weight excluding hydrogens is 476 g/mol. The fraction of sp³-hybridized carbons (Fsp3) is 0.423. The second kappa shape index (κ2) is 13.9. The van der Waals surface area contributed by atoms with Crippen LogP contribution in [-0.2, 0) is 4.79 Å². The van der Waals surface area contributed by atoms with E-state index in [0.29, 0.717) is 24.0 Å². The largest absolute Gasteiger partial charge is 0.390 e. The molecule has 1 saturated heterocycles. The predicted molar refractivity (Wildman–Crippen MR) is 140 cm³/mol. The van der Waals surface area contributed by atoms with Crippen molar-refractivity contribution in [1.82, 2.24) is 24.9 Å². The van der Waals surface area contributed by atoms with Crippen molar-refractivity contribution in [2.24, 2.45) is 5.92 Å². The van der Waals surface area contributed by atoms with E-state index in [1.54, 1.807) is 18.0 Å². The summed E-state index contributed by atoms with van der Waals surface area (Å²) in [6.45, 7) is 7.53. The SMILES string of the molecule is CC(C)C.O=C(CNC(=O)c1cnc2ccccc2n1)NC1CCCN(Sc2cccc[nH+]2)CC1O. The molecule has 4 rings (SSSR count). The van der Waals surface area contributed by atoms with Crippen LogP contribution in [0.1, 0.15) is 44.1 Å². The fourth-order valence-corrected chi connectivity index (χ4v) is 4.49. The van der Waals surface area contributed by atoms with Crippen LogP contribution >= 0.6 is 11.9 Å². The Bertz CT molecular complexity index is 1130. The highest BCUT2D eigenvalue weighted by Crippen LogP contribution is 2.23. The highest BCUT2D eigenvalue weighted by molar-refractivity contribution is 7.96. The molecule has 2 amide bonds. The molecule has 36 heavy (non-hydrogen) atoms. The Labute approximate surface area is 216 Å². The topological polar surface area (TPSA) is 122 Å². The number of nitrogens with one attached hydrogen (secondary N) is 3. The maximum atomic E-state index is 12.4. The zero-order chi connectivity index (χ0) is 25.9. The molecule has 192 valence electrons. The van der Waals surface area contributed by atoms with Crippen LogP contribution in [0.4, 0.5) is 0 Å². The molecule has 0 spiro atoms. The summed E-state index contributed by atoms with van der Waals surface area (Å²) in [5, 5.41) is 17.0. The molecule has 2 unspecified atom stereocenters. The number of carbonyl (C=O) groups is 2. The van der Waals surface area contributed by atoms with E-state index in [-0.39, 0.29) is 24.2 Å². The lowest BCUT2D eigenvalue weighted by molar-refractivity contribution is -0.426. The monoisotopic (exact) mass is 511 g/mol. The number of rotatable bonds is 6. The maximum Gasteiger partial charge on any atom is 0.271 e. The van der Waals surface area contributed by atoms with Crippen LogP contribution in [0.2, 0.25) is 0 Å². The van der Waals surface area contributed by atoms with Gasteiger partial charge in [-0.3, -0.25) is 14.6 Å². The predicted octanol–water partition coefficient (Wildman–Crippen LogP) is 2.48. The van der Waals surface area contributed by atoms with Crippen LogP contribution in [0, 0.1) is 5.92 Å². The number of amides is 2. The Morgan fingerprint density at radius 3 is 2.61 bits per heavy atom. The van der Waals surface area contributed by atoms with Gasteiger partial charge in [0.1, 0.15) is 5.69 Å². The summed E-state index contributed by atoms with van der Waals surface area (Å²) in [5.41, 5.74) is 1.46. The Morgan fingerprint density at radius 2 is 1.89 bits per heavy atom. The molecule has 0 radical (unpaired) electrons. The number of aromatic amines is 1. The summed E-state index contributed by atoms with van der Waals surface area (Å²) >= 11 is 1.55. The third-order valence-corrected chi connectivity index (χ3v) is 6.16. The van der Waals surface area contributed by atoms with E-state index in [2.05, 4.69) is 50.7 Å². The molecule has 4 N–H and O–H groups in total. The van der Waals surface area contributed by atoms with Gasteiger partial charge in [-0.05, 0) is 37.0 Å². The first kappa shape index (κ1) is 27.5. The Balaban J connectivity index is 0.000000840. The van der Waals surface area contributed by atoms with Crippen LogP contribution in [0.25, 0.3) is 11.0 Å². The molecular formula is C26H35N6O3S+. The molecule has 1 aromatic carbocycles. The van der Waals surface area contributed by atoms with Crippen molar-refractivity contribution >= 4 is 34.8 Å². The van der Waals surface area contributed by atoms with Crippen LogP contribution in [0.15, 0.2) is 59.9 Å². The van der Waals surface area contributed by atoms with Crippen molar-refractivity contribution in [1.29, 1.82) is 0 Å². The summed E-state index contributed by atoms with van der Waals surface area (Å²) in [4.78, 5) is 36.4. The number of para-hydroxylation sites is 2. The summed E-state index contributed by atoms with van der Waals surface area (Å²) < 4.78 is 2.09. The van der Waals surface area contributed by atoms with Gasteiger partial charge in [0, 0.05) is 37.2 Å². The number of β-amino-alcohol motifs (C(OH)–C–C–N with tert-alkyl or cyclic N) is 1. The number of aliphatic hydroxyl groups is 1. The summed E-state index contributed by atoms with van der Waals surface area (Å²) in [6, 6.07) is 12.7. The Kier molecular flexibility index (Phi) is 10.6. The molecule has 1 aliphatic rings. The van der Waals surface area contributed by atoms with E-state index in [1.165, 1.54) is 6.20 Å². The van der Waals surface area contributed by atoms with Gasteiger partial charge in [-0.1, -0.05) is 32.9 Å². The van der Waals surface area contributed by atoms with E-state index >= 15 is 0 Å². The van der Waals surface area contributed by atoms with Gasteiger partial charge < -0.3 is 15.7 Å². The number of hydrogen-bond donors (Lipinski definition) is 3. The molecule has 10 heteroatoms. The normalized spacial score (nSPS) is 18.1. The van der Waals surface area contributed by atoms with Crippen LogP contribution in [0.5, 0.6) is 0 Å². The minimum Gasteiger partial charge on any atom is -0.390 e. The Morgan fingerprint density at radius 1 is 1.17 bits per heavy atom. The number of H-pyrrole nitrogens is 1. The molecule has 9 nitrogen and oxygen atoms in total. The van der Waals surface area contributed by atoms with Gasteiger partial charge in [-0.2, -0.15) is 0 Å². The van der Waals surface area contributed by atoms with Crippen molar-refractivity contribution in [3.05, 3.63) is 60.6 Å². The number of pyridine rings is 1. The number of aliphatic hydroxyl groups excluding tert-OH is 1. The summed E-state index contributed by atoms with van der Waals surface area (Å²) in [6.07, 6.45) is 4.03. The summed E-state index contributed by atoms with van der Waals surface area (Å²) in [7, 11) is 0. The zero-order valence-corrected chi connectivity index (χ0v) is 21.8. The quantitative estimate of drug-likeness (QED) is 0.435. The number of nitrogens with zero attached hydrogens (tertiary/aromatic N) is 3. The van der Waals surface area contributed by atoms with E-state index in [4.69, 9.17) is 0 Å². The Hall–Kier alpha value is -3.08. The lowest BCUT2D eigenvalue weighted by atomic mass is 10.1.